The van der Waals surface area contributed by atoms with E-state index in [0.29, 0.717) is 13.0 Å². The van der Waals surface area contributed by atoms with Gasteiger partial charge in [-0.1, -0.05) is 12.1 Å². The largest absolute Gasteiger partial charge is 0.473 e. The predicted octanol–water partition coefficient (Wildman–Crippen LogP) is 1.71. The highest BCUT2D eigenvalue weighted by Crippen LogP contribution is 2.29. The first kappa shape index (κ1) is 13.0. The van der Waals surface area contributed by atoms with Gasteiger partial charge in [-0.05, 0) is 12.1 Å². The summed E-state index contributed by atoms with van der Waals surface area (Å²) in [7, 11) is 3.22. The van der Waals surface area contributed by atoms with Crippen molar-refractivity contribution in [3.63, 3.8) is 0 Å². The van der Waals surface area contributed by atoms with E-state index < -0.39 is 0 Å². The summed E-state index contributed by atoms with van der Waals surface area (Å²) < 4.78 is 16.1. The Morgan fingerprint density at radius 1 is 1.39 bits per heavy atom. The fourth-order valence-corrected chi connectivity index (χ4v) is 1.73. The second-order valence-corrected chi connectivity index (χ2v) is 3.93. The standard InChI is InChI=1S/C13H18N2O3/c1-16-13(17-2)9-15-12-7-8-14-10-5-3-4-6-11(10)18-12/h3-6,8,12-13,15H,7,9H2,1-2H3. The number of hydrogen-bond acceptors (Lipinski definition) is 5. The molecule has 0 aromatic heterocycles. The van der Waals surface area contributed by atoms with Crippen molar-refractivity contribution < 1.29 is 14.2 Å². The van der Waals surface area contributed by atoms with Crippen LogP contribution in [0, 0.1) is 0 Å². The van der Waals surface area contributed by atoms with E-state index in [1.54, 1.807) is 14.2 Å². The van der Waals surface area contributed by atoms with Gasteiger partial charge in [-0.25, -0.2) is 0 Å². The minimum atomic E-state index is -0.274. The Morgan fingerprint density at radius 3 is 2.94 bits per heavy atom. The van der Waals surface area contributed by atoms with Crippen molar-refractivity contribution in [2.75, 3.05) is 20.8 Å². The molecular weight excluding hydrogens is 232 g/mol. The van der Waals surface area contributed by atoms with E-state index in [-0.39, 0.29) is 12.5 Å². The van der Waals surface area contributed by atoms with Crippen molar-refractivity contribution in [2.45, 2.75) is 18.9 Å². The molecule has 0 radical (unpaired) electrons. The lowest BCUT2D eigenvalue weighted by Crippen LogP contribution is -2.40. The van der Waals surface area contributed by atoms with E-state index in [4.69, 9.17) is 14.2 Å². The molecule has 1 atom stereocenters. The lowest BCUT2D eigenvalue weighted by Gasteiger charge is -2.21. The number of hydrogen-bond donors (Lipinski definition) is 1. The number of fused-ring (bicyclic) bond motifs is 1. The first-order valence-electron chi connectivity index (χ1n) is 5.90. The van der Waals surface area contributed by atoms with Gasteiger partial charge in [0.2, 0.25) is 0 Å². The van der Waals surface area contributed by atoms with Gasteiger partial charge in [0, 0.05) is 33.4 Å². The zero-order valence-corrected chi connectivity index (χ0v) is 10.6. The molecule has 0 bridgehead atoms. The van der Waals surface area contributed by atoms with E-state index >= 15 is 0 Å². The molecule has 0 spiro atoms. The molecule has 1 unspecified atom stereocenters. The predicted molar refractivity (Wildman–Crippen MR) is 69.4 cm³/mol. The van der Waals surface area contributed by atoms with Gasteiger partial charge in [-0.2, -0.15) is 0 Å². The third kappa shape index (κ3) is 3.29. The second kappa shape index (κ2) is 6.49. The molecule has 18 heavy (non-hydrogen) atoms. The van der Waals surface area contributed by atoms with Crippen molar-refractivity contribution in [1.29, 1.82) is 0 Å². The lowest BCUT2D eigenvalue weighted by atomic mass is 10.3. The van der Waals surface area contributed by atoms with Gasteiger partial charge in [0.05, 0.1) is 0 Å². The minimum absolute atomic E-state index is 0.120. The molecule has 1 heterocycles. The molecule has 2 rings (SSSR count). The van der Waals surface area contributed by atoms with Crippen LogP contribution >= 0.6 is 0 Å². The van der Waals surface area contributed by atoms with E-state index in [1.165, 1.54) is 0 Å². The highest BCUT2D eigenvalue weighted by atomic mass is 16.7. The molecular formula is C13H18N2O3. The Kier molecular flexibility index (Phi) is 4.69. The molecule has 0 fully saturated rings. The second-order valence-electron chi connectivity index (χ2n) is 3.93. The Balaban J connectivity index is 1.95. The van der Waals surface area contributed by atoms with Gasteiger partial charge in [0.25, 0.3) is 0 Å². The maximum absolute atomic E-state index is 5.85. The first-order chi connectivity index (χ1) is 8.83. The van der Waals surface area contributed by atoms with Crippen LogP contribution in [0.5, 0.6) is 5.75 Å². The average Bonchev–Trinajstić information content (AvgIpc) is 2.61. The summed E-state index contributed by atoms with van der Waals surface area (Å²) in [5.74, 6) is 0.787. The molecule has 1 aromatic rings. The van der Waals surface area contributed by atoms with E-state index in [0.717, 1.165) is 11.4 Å². The highest BCUT2D eigenvalue weighted by molar-refractivity contribution is 5.68. The number of rotatable bonds is 5. The molecule has 0 saturated heterocycles. The normalized spacial score (nSPS) is 18.3. The Labute approximate surface area is 107 Å². The van der Waals surface area contributed by atoms with Crippen molar-refractivity contribution in [1.82, 2.24) is 5.32 Å². The van der Waals surface area contributed by atoms with Gasteiger partial charge < -0.3 is 14.2 Å². The molecule has 0 aliphatic carbocycles. The molecule has 1 aromatic carbocycles. The number of nitrogens with zero attached hydrogens (tertiary/aromatic N) is 1. The van der Waals surface area contributed by atoms with Crippen molar-refractivity contribution in [2.24, 2.45) is 4.99 Å². The maximum Gasteiger partial charge on any atom is 0.169 e. The summed E-state index contributed by atoms with van der Waals surface area (Å²) >= 11 is 0. The third-order valence-electron chi connectivity index (χ3n) is 2.72. The van der Waals surface area contributed by atoms with E-state index in [2.05, 4.69) is 10.3 Å². The SMILES string of the molecule is COC(CNC1CC=Nc2ccccc2O1)OC. The van der Waals surface area contributed by atoms with Crippen LogP contribution in [0.3, 0.4) is 0 Å². The third-order valence-corrected chi connectivity index (χ3v) is 2.72. The molecule has 0 amide bonds. The summed E-state index contributed by atoms with van der Waals surface area (Å²) in [5, 5.41) is 3.24. The van der Waals surface area contributed by atoms with Crippen molar-refractivity contribution >= 4 is 11.9 Å². The van der Waals surface area contributed by atoms with E-state index in [1.807, 2.05) is 30.5 Å². The molecule has 1 N–H and O–H groups in total. The van der Waals surface area contributed by atoms with Gasteiger partial charge in [0.15, 0.2) is 12.5 Å². The first-order valence-corrected chi connectivity index (χ1v) is 5.90. The number of para-hydroxylation sites is 2. The monoisotopic (exact) mass is 250 g/mol. The van der Waals surface area contributed by atoms with Gasteiger partial charge in [0.1, 0.15) is 11.4 Å². The fourth-order valence-electron chi connectivity index (χ4n) is 1.73. The van der Waals surface area contributed by atoms with Crippen LogP contribution < -0.4 is 10.1 Å². The lowest BCUT2D eigenvalue weighted by molar-refractivity contribution is -0.103. The van der Waals surface area contributed by atoms with Crippen LogP contribution in [0.15, 0.2) is 29.3 Å². The molecule has 5 nitrogen and oxygen atoms in total. The molecule has 0 saturated carbocycles. The minimum Gasteiger partial charge on any atom is -0.473 e. The highest BCUT2D eigenvalue weighted by Gasteiger charge is 2.16. The Hall–Kier alpha value is -1.43. The summed E-state index contributed by atoms with van der Waals surface area (Å²) in [5.41, 5.74) is 0.858. The number of aliphatic imine (C=N–C) groups is 1. The van der Waals surface area contributed by atoms with Crippen LogP contribution in [0.1, 0.15) is 6.42 Å². The number of nitrogens with one attached hydrogen (secondary N) is 1. The quantitative estimate of drug-likeness (QED) is 0.808. The summed E-state index contributed by atoms with van der Waals surface area (Å²) in [6.45, 7) is 0.563. The van der Waals surface area contributed by atoms with Crippen molar-refractivity contribution in [3.8, 4) is 5.75 Å². The maximum atomic E-state index is 5.85. The molecule has 1 aliphatic heterocycles. The van der Waals surface area contributed by atoms with Gasteiger partial charge in [-0.3, -0.25) is 10.3 Å². The molecule has 5 heteroatoms. The van der Waals surface area contributed by atoms with Crippen LogP contribution in [0.2, 0.25) is 0 Å². The molecule has 98 valence electrons. The van der Waals surface area contributed by atoms with Crippen LogP contribution in [-0.4, -0.2) is 39.5 Å². The summed E-state index contributed by atoms with van der Waals surface area (Å²) in [6.07, 6.45) is 2.17. The zero-order chi connectivity index (χ0) is 12.8. The topological polar surface area (TPSA) is 52.1 Å². The van der Waals surface area contributed by atoms with Gasteiger partial charge >= 0.3 is 0 Å². The average molecular weight is 250 g/mol. The van der Waals surface area contributed by atoms with Crippen molar-refractivity contribution in [3.05, 3.63) is 24.3 Å². The zero-order valence-electron chi connectivity index (χ0n) is 10.6. The Morgan fingerprint density at radius 2 is 2.17 bits per heavy atom. The number of ether oxygens (including phenoxy) is 3. The Bertz CT molecular complexity index is 405. The fraction of sp³-hybridized carbons (Fsp3) is 0.462. The molecule has 1 aliphatic rings. The van der Waals surface area contributed by atoms with Crippen LogP contribution in [0.25, 0.3) is 0 Å². The van der Waals surface area contributed by atoms with Gasteiger partial charge in [-0.15, -0.1) is 0 Å². The van der Waals surface area contributed by atoms with Crippen LogP contribution in [0.4, 0.5) is 5.69 Å². The smallest absolute Gasteiger partial charge is 0.169 e. The van der Waals surface area contributed by atoms with E-state index in [9.17, 15) is 0 Å². The van der Waals surface area contributed by atoms with Crippen LogP contribution in [-0.2, 0) is 9.47 Å². The summed E-state index contributed by atoms with van der Waals surface area (Å²) in [6, 6.07) is 7.72. The number of methoxy groups -OCH3 is 2. The summed E-state index contributed by atoms with van der Waals surface area (Å²) in [4.78, 5) is 4.35. The number of benzene rings is 1.